The van der Waals surface area contributed by atoms with Crippen LogP contribution in [0.5, 0.6) is 11.5 Å². The van der Waals surface area contributed by atoms with E-state index in [1.54, 1.807) is 6.07 Å². The molecule has 0 atom stereocenters. The van der Waals surface area contributed by atoms with Crippen LogP contribution in [0.3, 0.4) is 0 Å². The van der Waals surface area contributed by atoms with Crippen molar-refractivity contribution in [3.63, 3.8) is 0 Å². The lowest BCUT2D eigenvalue weighted by molar-refractivity contribution is -0.137. The van der Waals surface area contributed by atoms with E-state index in [1.165, 1.54) is 19.2 Å². The number of carbonyl (C=O) groups is 2. The van der Waals surface area contributed by atoms with E-state index in [4.69, 9.17) is 9.84 Å². The molecule has 1 aromatic carbocycles. The summed E-state index contributed by atoms with van der Waals surface area (Å²) in [4.78, 5) is 22.3. The lowest BCUT2D eigenvalue weighted by atomic mass is 10.1. The number of carboxylic acid groups (broad SMARTS) is 1. The largest absolute Gasteiger partial charge is 0.504 e. The van der Waals surface area contributed by atoms with Crippen LogP contribution < -0.4 is 10.1 Å². The lowest BCUT2D eigenvalue weighted by Gasteiger charge is -2.08. The Morgan fingerprint density at radius 3 is 2.50 bits per heavy atom. The molecule has 22 heavy (non-hydrogen) atoms. The number of hydrogen-bond donors (Lipinski definition) is 3. The first-order valence-electron chi connectivity index (χ1n) is 7.41. The average Bonchev–Trinajstić information content (AvgIpc) is 2.49. The number of amides is 1. The zero-order valence-electron chi connectivity index (χ0n) is 12.8. The second kappa shape index (κ2) is 9.65. The predicted molar refractivity (Wildman–Crippen MR) is 82.3 cm³/mol. The highest BCUT2D eigenvalue weighted by Gasteiger charge is 2.09. The summed E-state index contributed by atoms with van der Waals surface area (Å²) in [7, 11) is 1.43. The first-order chi connectivity index (χ1) is 10.5. The molecule has 0 heterocycles. The van der Waals surface area contributed by atoms with Crippen molar-refractivity contribution in [2.24, 2.45) is 0 Å². The highest BCUT2D eigenvalue weighted by Crippen LogP contribution is 2.26. The maximum atomic E-state index is 11.9. The van der Waals surface area contributed by atoms with E-state index in [9.17, 15) is 14.7 Å². The minimum Gasteiger partial charge on any atom is -0.504 e. The van der Waals surface area contributed by atoms with Gasteiger partial charge in [0.15, 0.2) is 11.5 Å². The Balaban J connectivity index is 2.19. The highest BCUT2D eigenvalue weighted by atomic mass is 16.5. The van der Waals surface area contributed by atoms with Crippen LogP contribution in [0.4, 0.5) is 0 Å². The Labute approximate surface area is 130 Å². The second-order valence-electron chi connectivity index (χ2n) is 5.05. The number of nitrogens with one attached hydrogen (secondary N) is 1. The third-order valence-electron chi connectivity index (χ3n) is 3.29. The van der Waals surface area contributed by atoms with Gasteiger partial charge in [-0.05, 0) is 31.0 Å². The topological polar surface area (TPSA) is 95.9 Å². The summed E-state index contributed by atoms with van der Waals surface area (Å²) in [6.07, 6.45) is 4.60. The summed E-state index contributed by atoms with van der Waals surface area (Å²) in [5.41, 5.74) is 0.441. The number of carboxylic acids is 1. The van der Waals surface area contributed by atoms with Gasteiger partial charge in [-0.25, -0.2) is 0 Å². The van der Waals surface area contributed by atoms with Crippen LogP contribution in [0, 0.1) is 0 Å². The van der Waals surface area contributed by atoms with Crippen LogP contribution in [-0.2, 0) is 4.79 Å². The van der Waals surface area contributed by atoms with Crippen molar-refractivity contribution in [3.8, 4) is 11.5 Å². The van der Waals surface area contributed by atoms with Crippen molar-refractivity contribution in [3.05, 3.63) is 23.8 Å². The van der Waals surface area contributed by atoms with Crippen LogP contribution >= 0.6 is 0 Å². The second-order valence-corrected chi connectivity index (χ2v) is 5.05. The summed E-state index contributed by atoms with van der Waals surface area (Å²) >= 11 is 0. The normalized spacial score (nSPS) is 10.2. The fourth-order valence-electron chi connectivity index (χ4n) is 2.05. The molecule has 122 valence electrons. The highest BCUT2D eigenvalue weighted by molar-refractivity contribution is 5.94. The van der Waals surface area contributed by atoms with E-state index in [-0.39, 0.29) is 23.8 Å². The standard InChI is InChI=1S/C16H23NO5/c1-22-14-11-12(8-9-13(14)18)16(21)17-10-6-4-2-3-5-7-15(19)20/h8-9,11,18H,2-7,10H2,1H3,(H,17,21)(H,19,20). The van der Waals surface area contributed by atoms with Crippen molar-refractivity contribution in [2.45, 2.75) is 38.5 Å². The molecule has 0 unspecified atom stereocenters. The molecular formula is C16H23NO5. The minimum absolute atomic E-state index is 0.000380. The van der Waals surface area contributed by atoms with Gasteiger partial charge in [0.05, 0.1) is 7.11 Å². The number of rotatable bonds is 10. The Bertz CT molecular complexity index is 501. The molecule has 0 aliphatic heterocycles. The molecule has 0 radical (unpaired) electrons. The number of hydrogen-bond acceptors (Lipinski definition) is 4. The van der Waals surface area contributed by atoms with Crippen LogP contribution in [0.1, 0.15) is 48.9 Å². The van der Waals surface area contributed by atoms with Gasteiger partial charge in [-0.3, -0.25) is 9.59 Å². The third-order valence-corrected chi connectivity index (χ3v) is 3.29. The lowest BCUT2D eigenvalue weighted by Crippen LogP contribution is -2.24. The Hall–Kier alpha value is -2.24. The van der Waals surface area contributed by atoms with Gasteiger partial charge in [0.2, 0.25) is 0 Å². The van der Waals surface area contributed by atoms with Gasteiger partial charge >= 0.3 is 5.97 Å². The molecule has 1 amide bonds. The third kappa shape index (κ3) is 6.47. The van der Waals surface area contributed by atoms with Gasteiger partial charge in [0, 0.05) is 18.5 Å². The van der Waals surface area contributed by atoms with E-state index in [0.29, 0.717) is 18.5 Å². The molecular weight excluding hydrogens is 286 g/mol. The molecule has 0 bridgehead atoms. The number of carbonyl (C=O) groups excluding carboxylic acids is 1. The van der Waals surface area contributed by atoms with Gasteiger partial charge in [-0.2, -0.15) is 0 Å². The van der Waals surface area contributed by atoms with Gasteiger partial charge < -0.3 is 20.3 Å². The quantitative estimate of drug-likeness (QED) is 0.577. The molecule has 0 saturated carbocycles. The van der Waals surface area contributed by atoms with Crippen LogP contribution in [0.15, 0.2) is 18.2 Å². The molecule has 0 aliphatic rings. The number of benzene rings is 1. The van der Waals surface area contributed by atoms with Gasteiger partial charge in [-0.1, -0.05) is 19.3 Å². The van der Waals surface area contributed by atoms with E-state index in [2.05, 4.69) is 5.32 Å². The SMILES string of the molecule is COc1cc(C(=O)NCCCCCCCC(=O)O)ccc1O. The molecule has 3 N–H and O–H groups in total. The van der Waals surface area contributed by atoms with Gasteiger partial charge in [-0.15, -0.1) is 0 Å². The number of phenolic OH excluding ortho intramolecular Hbond substituents is 1. The number of phenols is 1. The predicted octanol–water partition coefficient (Wildman–Crippen LogP) is 2.56. The summed E-state index contributed by atoms with van der Waals surface area (Å²) in [5, 5.41) is 20.8. The van der Waals surface area contributed by atoms with Crippen molar-refractivity contribution in [2.75, 3.05) is 13.7 Å². The zero-order valence-corrected chi connectivity index (χ0v) is 12.8. The maximum Gasteiger partial charge on any atom is 0.303 e. The van der Waals surface area contributed by atoms with Gasteiger partial charge in [0.25, 0.3) is 5.91 Å². The zero-order chi connectivity index (χ0) is 16.4. The molecule has 0 saturated heterocycles. The molecule has 1 rings (SSSR count). The first kappa shape index (κ1) is 17.8. The summed E-state index contributed by atoms with van der Waals surface area (Å²) in [6.45, 7) is 0.570. The van der Waals surface area contributed by atoms with Crippen LogP contribution in [0.2, 0.25) is 0 Å². The minimum atomic E-state index is -0.753. The number of aliphatic carboxylic acids is 1. The van der Waals surface area contributed by atoms with E-state index in [0.717, 1.165) is 25.7 Å². The van der Waals surface area contributed by atoms with E-state index < -0.39 is 5.97 Å². The molecule has 6 nitrogen and oxygen atoms in total. The van der Waals surface area contributed by atoms with Crippen molar-refractivity contribution >= 4 is 11.9 Å². The Morgan fingerprint density at radius 1 is 1.14 bits per heavy atom. The molecule has 0 aromatic heterocycles. The molecule has 0 spiro atoms. The summed E-state index contributed by atoms with van der Waals surface area (Å²) in [6, 6.07) is 4.46. The first-order valence-corrected chi connectivity index (χ1v) is 7.41. The number of unbranched alkanes of at least 4 members (excludes halogenated alkanes) is 4. The molecule has 6 heteroatoms. The van der Waals surface area contributed by atoms with Gasteiger partial charge in [0.1, 0.15) is 0 Å². The average molecular weight is 309 g/mol. The monoisotopic (exact) mass is 309 g/mol. The number of ether oxygens (including phenoxy) is 1. The summed E-state index contributed by atoms with van der Waals surface area (Å²) in [5.74, 6) is -0.688. The van der Waals surface area contributed by atoms with Crippen LogP contribution in [-0.4, -0.2) is 35.7 Å². The molecule has 0 aliphatic carbocycles. The van der Waals surface area contributed by atoms with E-state index >= 15 is 0 Å². The van der Waals surface area contributed by atoms with Crippen molar-refractivity contribution < 1.29 is 24.5 Å². The van der Waals surface area contributed by atoms with Crippen LogP contribution in [0.25, 0.3) is 0 Å². The molecule has 1 aromatic rings. The molecule has 0 fully saturated rings. The Morgan fingerprint density at radius 2 is 1.82 bits per heavy atom. The van der Waals surface area contributed by atoms with Crippen molar-refractivity contribution in [1.82, 2.24) is 5.32 Å². The fourth-order valence-corrected chi connectivity index (χ4v) is 2.05. The summed E-state index contributed by atoms with van der Waals surface area (Å²) < 4.78 is 4.96. The fraction of sp³-hybridized carbons (Fsp3) is 0.500. The number of methoxy groups -OCH3 is 1. The Kier molecular flexibility index (Phi) is 7.81. The maximum absolute atomic E-state index is 11.9. The van der Waals surface area contributed by atoms with E-state index in [1.807, 2.05) is 0 Å². The smallest absolute Gasteiger partial charge is 0.303 e. The number of aromatic hydroxyl groups is 1. The van der Waals surface area contributed by atoms with Crippen molar-refractivity contribution in [1.29, 1.82) is 0 Å².